The minimum absolute atomic E-state index is 0.697. The number of aromatic nitrogens is 2. The van der Waals surface area contributed by atoms with E-state index in [-0.39, 0.29) is 0 Å². The lowest BCUT2D eigenvalue weighted by atomic mass is 10.1. The summed E-state index contributed by atoms with van der Waals surface area (Å²) in [7, 11) is 2.01. The molecule has 5 nitrogen and oxygen atoms in total. The Hall–Kier alpha value is -1.24. The molecule has 1 unspecified atom stereocenters. The fourth-order valence-corrected chi connectivity index (χ4v) is 3.17. The number of rotatable bonds is 5. The van der Waals surface area contributed by atoms with Crippen LogP contribution in [0.3, 0.4) is 0 Å². The maximum atomic E-state index is 5.33. The van der Waals surface area contributed by atoms with Gasteiger partial charge in [0.25, 0.3) is 0 Å². The van der Waals surface area contributed by atoms with Crippen molar-refractivity contribution in [3.63, 3.8) is 0 Å². The minimum Gasteiger partial charge on any atom is -0.338 e. The smallest absolute Gasteiger partial charge is 0.241 e. The molecule has 1 saturated heterocycles. The Morgan fingerprint density at radius 1 is 1.58 bits per heavy atom. The van der Waals surface area contributed by atoms with Crippen molar-refractivity contribution in [1.29, 1.82) is 0 Å². The van der Waals surface area contributed by atoms with Gasteiger partial charge in [-0.25, -0.2) is 0 Å². The largest absolute Gasteiger partial charge is 0.338 e. The first-order chi connectivity index (χ1) is 9.35. The van der Waals surface area contributed by atoms with E-state index in [1.165, 1.54) is 6.42 Å². The third-order valence-electron chi connectivity index (χ3n) is 3.47. The lowest BCUT2D eigenvalue weighted by Gasteiger charge is -2.12. The maximum Gasteiger partial charge on any atom is 0.241 e. The number of hydrogen-bond acceptors (Lipinski definition) is 6. The molecule has 0 amide bonds. The van der Waals surface area contributed by atoms with Gasteiger partial charge in [0.2, 0.25) is 11.7 Å². The molecule has 1 atom stereocenters. The molecule has 2 aromatic heterocycles. The van der Waals surface area contributed by atoms with E-state index in [1.54, 1.807) is 11.3 Å². The average molecular weight is 278 g/mol. The van der Waals surface area contributed by atoms with Crippen molar-refractivity contribution in [2.24, 2.45) is 5.92 Å². The molecule has 102 valence electrons. The van der Waals surface area contributed by atoms with Crippen molar-refractivity contribution in [1.82, 2.24) is 20.4 Å². The second kappa shape index (κ2) is 5.81. The normalized spacial score (nSPS) is 20.2. The van der Waals surface area contributed by atoms with E-state index in [9.17, 15) is 0 Å². The van der Waals surface area contributed by atoms with Crippen LogP contribution in [0.4, 0.5) is 0 Å². The van der Waals surface area contributed by atoms with Gasteiger partial charge in [-0.2, -0.15) is 16.3 Å². The summed E-state index contributed by atoms with van der Waals surface area (Å²) in [5, 5.41) is 11.3. The first kappa shape index (κ1) is 12.8. The summed E-state index contributed by atoms with van der Waals surface area (Å²) in [5.74, 6) is 2.15. The third-order valence-corrected chi connectivity index (χ3v) is 4.15. The fraction of sp³-hybridized carbons (Fsp3) is 0.538. The van der Waals surface area contributed by atoms with Crippen LogP contribution in [0.5, 0.6) is 0 Å². The molecule has 6 heteroatoms. The summed E-state index contributed by atoms with van der Waals surface area (Å²) in [5.41, 5.74) is 1.04. The monoisotopic (exact) mass is 278 g/mol. The second-order valence-corrected chi connectivity index (χ2v) is 5.75. The van der Waals surface area contributed by atoms with Crippen LogP contribution in [0.1, 0.15) is 12.3 Å². The highest BCUT2D eigenvalue weighted by Gasteiger charge is 2.23. The van der Waals surface area contributed by atoms with Crippen molar-refractivity contribution in [3.8, 4) is 11.4 Å². The molecule has 0 radical (unpaired) electrons. The summed E-state index contributed by atoms with van der Waals surface area (Å²) in [6.07, 6.45) is 1.24. The highest BCUT2D eigenvalue weighted by molar-refractivity contribution is 7.08. The Morgan fingerprint density at radius 3 is 3.32 bits per heavy atom. The predicted octanol–water partition coefficient (Wildman–Crippen LogP) is 1.84. The number of likely N-dealkylation sites (tertiary alicyclic amines) is 1. The van der Waals surface area contributed by atoms with Crippen LogP contribution in [0.2, 0.25) is 0 Å². The summed E-state index contributed by atoms with van der Waals surface area (Å²) in [4.78, 5) is 6.84. The molecule has 3 rings (SSSR count). The summed E-state index contributed by atoms with van der Waals surface area (Å²) in [6.45, 7) is 4.07. The molecule has 1 aliphatic rings. The van der Waals surface area contributed by atoms with Crippen LogP contribution in [-0.2, 0) is 6.54 Å². The zero-order valence-corrected chi connectivity index (χ0v) is 11.8. The molecule has 0 bridgehead atoms. The third kappa shape index (κ3) is 3.02. The van der Waals surface area contributed by atoms with E-state index >= 15 is 0 Å². The van der Waals surface area contributed by atoms with Gasteiger partial charge in [-0.15, -0.1) is 0 Å². The van der Waals surface area contributed by atoms with Crippen molar-refractivity contribution in [2.45, 2.75) is 13.0 Å². The number of nitrogens with zero attached hydrogens (tertiary/aromatic N) is 3. The van der Waals surface area contributed by atoms with Crippen molar-refractivity contribution in [3.05, 3.63) is 22.7 Å². The Morgan fingerprint density at radius 2 is 2.53 bits per heavy atom. The van der Waals surface area contributed by atoms with Crippen LogP contribution in [0, 0.1) is 5.92 Å². The van der Waals surface area contributed by atoms with Crippen molar-refractivity contribution < 1.29 is 4.52 Å². The average Bonchev–Trinajstić information content (AvgIpc) is 3.10. The highest BCUT2D eigenvalue weighted by atomic mass is 32.1. The van der Waals surface area contributed by atoms with Gasteiger partial charge < -0.3 is 9.84 Å². The van der Waals surface area contributed by atoms with E-state index < -0.39 is 0 Å². The van der Waals surface area contributed by atoms with E-state index in [4.69, 9.17) is 4.52 Å². The fourth-order valence-electron chi connectivity index (χ4n) is 2.53. The van der Waals surface area contributed by atoms with Gasteiger partial charge in [-0.3, -0.25) is 4.90 Å². The molecule has 1 N–H and O–H groups in total. The van der Waals surface area contributed by atoms with Gasteiger partial charge in [0.05, 0.1) is 6.54 Å². The number of nitrogens with one attached hydrogen (secondary N) is 1. The number of thiophene rings is 1. The van der Waals surface area contributed by atoms with Crippen LogP contribution in [-0.4, -0.2) is 41.7 Å². The summed E-state index contributed by atoms with van der Waals surface area (Å²) in [6, 6.07) is 2.01. The standard InChI is InChI=1S/C13H18N4OS/c1-14-6-10-2-4-17(7-10)8-12-15-13(16-18-12)11-3-5-19-9-11/h3,5,9-10,14H,2,4,6-8H2,1H3. The molecule has 0 saturated carbocycles. The molecule has 0 spiro atoms. The zero-order valence-electron chi connectivity index (χ0n) is 11.0. The first-order valence-corrected chi connectivity index (χ1v) is 7.51. The summed E-state index contributed by atoms with van der Waals surface area (Å²) >= 11 is 1.64. The molecule has 19 heavy (non-hydrogen) atoms. The molecular formula is C13H18N4OS. The molecule has 1 fully saturated rings. The topological polar surface area (TPSA) is 54.2 Å². The Labute approximate surface area is 116 Å². The van der Waals surface area contributed by atoms with Crippen LogP contribution in [0.25, 0.3) is 11.4 Å². The van der Waals surface area contributed by atoms with Crippen LogP contribution < -0.4 is 5.32 Å². The van der Waals surface area contributed by atoms with Crippen molar-refractivity contribution >= 4 is 11.3 Å². The Bertz CT molecular complexity index is 510. The summed E-state index contributed by atoms with van der Waals surface area (Å²) < 4.78 is 5.33. The Kier molecular flexibility index (Phi) is 3.91. The molecule has 3 heterocycles. The molecular weight excluding hydrogens is 260 g/mol. The van der Waals surface area contributed by atoms with Gasteiger partial charge in [-0.1, -0.05) is 5.16 Å². The lowest BCUT2D eigenvalue weighted by molar-refractivity contribution is 0.260. The Balaban J connectivity index is 1.59. The van der Waals surface area contributed by atoms with E-state index in [1.807, 2.05) is 23.9 Å². The zero-order chi connectivity index (χ0) is 13.1. The second-order valence-electron chi connectivity index (χ2n) is 4.97. The van der Waals surface area contributed by atoms with E-state index in [0.717, 1.165) is 37.7 Å². The van der Waals surface area contributed by atoms with Gasteiger partial charge in [0.1, 0.15) is 0 Å². The lowest BCUT2D eigenvalue weighted by Crippen LogP contribution is -2.24. The predicted molar refractivity (Wildman–Crippen MR) is 74.9 cm³/mol. The van der Waals surface area contributed by atoms with Gasteiger partial charge in [0, 0.05) is 17.5 Å². The molecule has 1 aliphatic heterocycles. The van der Waals surface area contributed by atoms with Crippen molar-refractivity contribution in [2.75, 3.05) is 26.7 Å². The van der Waals surface area contributed by atoms with Crippen LogP contribution >= 0.6 is 11.3 Å². The highest BCUT2D eigenvalue weighted by Crippen LogP contribution is 2.21. The van der Waals surface area contributed by atoms with Crippen LogP contribution in [0.15, 0.2) is 21.3 Å². The quantitative estimate of drug-likeness (QED) is 0.904. The minimum atomic E-state index is 0.697. The number of hydrogen-bond donors (Lipinski definition) is 1. The molecule has 0 aliphatic carbocycles. The van der Waals surface area contributed by atoms with E-state index in [2.05, 4.69) is 20.4 Å². The van der Waals surface area contributed by atoms with Gasteiger partial charge in [-0.05, 0) is 43.9 Å². The van der Waals surface area contributed by atoms with E-state index in [0.29, 0.717) is 11.7 Å². The van der Waals surface area contributed by atoms with Gasteiger partial charge in [0.15, 0.2) is 0 Å². The SMILES string of the molecule is CNCC1CCN(Cc2nc(-c3ccsc3)no2)C1. The van der Waals surface area contributed by atoms with Gasteiger partial charge >= 0.3 is 0 Å². The molecule has 0 aromatic carbocycles. The first-order valence-electron chi connectivity index (χ1n) is 6.57. The maximum absolute atomic E-state index is 5.33. The molecule has 2 aromatic rings.